The first-order valence-electron chi connectivity index (χ1n) is 9.64. The molecule has 0 aromatic heterocycles. The molecule has 0 spiro atoms. The Morgan fingerprint density at radius 1 is 0.967 bits per heavy atom. The third-order valence-electron chi connectivity index (χ3n) is 4.98. The molecule has 0 aliphatic carbocycles. The molecule has 0 amide bonds. The minimum Gasteiger partial charge on any atom is -0.372 e. The van der Waals surface area contributed by atoms with Gasteiger partial charge in [-0.05, 0) is 66.1 Å². The number of fused-ring (bicyclic) bond motifs is 1. The summed E-state index contributed by atoms with van der Waals surface area (Å²) >= 11 is 1.40. The number of benzene rings is 3. The van der Waals surface area contributed by atoms with Crippen LogP contribution in [0.15, 0.2) is 71.1 Å². The summed E-state index contributed by atoms with van der Waals surface area (Å²) in [5.74, 6) is 0. The Morgan fingerprint density at radius 3 is 2.33 bits per heavy atom. The zero-order chi connectivity index (χ0) is 21.5. The van der Waals surface area contributed by atoms with Gasteiger partial charge in [-0.2, -0.15) is 10.5 Å². The minimum absolute atomic E-state index is 0.147. The van der Waals surface area contributed by atoms with Crippen LogP contribution in [0.4, 0.5) is 5.69 Å². The lowest BCUT2D eigenvalue weighted by Gasteiger charge is -2.19. The predicted octanol–water partition coefficient (Wildman–Crippen LogP) is 6.13. The average molecular weight is 414 g/mol. The summed E-state index contributed by atoms with van der Waals surface area (Å²) in [7, 11) is 2.05. The third-order valence-corrected chi connectivity index (χ3v) is 5.73. The Hall–Kier alpha value is -3.25. The van der Waals surface area contributed by atoms with Gasteiger partial charge in [0.2, 0.25) is 0 Å². The lowest BCUT2D eigenvalue weighted by molar-refractivity contribution is 0.383. The summed E-state index contributed by atoms with van der Waals surface area (Å²) in [6, 6.07) is 24.5. The highest BCUT2D eigenvalue weighted by atomic mass is 32.2. The van der Waals surface area contributed by atoms with Gasteiger partial charge in [0, 0.05) is 36.2 Å². The van der Waals surface area contributed by atoms with Gasteiger partial charge in [-0.1, -0.05) is 35.9 Å². The summed E-state index contributed by atoms with van der Waals surface area (Å²) in [6.07, 6.45) is 0. The van der Waals surface area contributed by atoms with E-state index in [1.54, 1.807) is 6.92 Å². The third kappa shape index (κ3) is 5.21. The van der Waals surface area contributed by atoms with Crippen molar-refractivity contribution >= 4 is 34.1 Å². The molecule has 0 fully saturated rings. The van der Waals surface area contributed by atoms with Gasteiger partial charge < -0.3 is 9.08 Å². The van der Waals surface area contributed by atoms with Crippen LogP contribution in [-0.2, 0) is 4.18 Å². The van der Waals surface area contributed by atoms with E-state index in [4.69, 9.17) is 14.7 Å². The Labute approximate surface area is 182 Å². The van der Waals surface area contributed by atoms with Gasteiger partial charge in [0.25, 0.3) is 0 Å². The Balaban J connectivity index is 1.64. The monoisotopic (exact) mass is 413 g/mol. The lowest BCUT2D eigenvalue weighted by Crippen LogP contribution is -2.21. The standard InChI is InChI=1S/C25H23N3OS/c1-18-4-10-25(11-5-18)30-29-13-12-28(3)24-9-8-21-14-20(6-7-22(21)15-24)19(2)23(16-26)17-27/h4-11,14-15H,12-13H2,1-3H3. The largest absolute Gasteiger partial charge is 0.372 e. The maximum Gasteiger partial charge on any atom is 0.133 e. The molecule has 0 saturated carbocycles. The average Bonchev–Trinajstić information content (AvgIpc) is 2.77. The Kier molecular flexibility index (Phi) is 7.14. The number of likely N-dealkylation sites (N-methyl/N-ethyl adjacent to an activating group) is 1. The highest BCUT2D eigenvalue weighted by molar-refractivity contribution is 7.94. The Bertz CT molecular complexity index is 1140. The van der Waals surface area contributed by atoms with Gasteiger partial charge in [-0.3, -0.25) is 0 Å². The van der Waals surface area contributed by atoms with E-state index in [0.29, 0.717) is 12.2 Å². The molecular formula is C25H23N3OS. The number of rotatable bonds is 7. The van der Waals surface area contributed by atoms with Crippen LogP contribution < -0.4 is 4.90 Å². The van der Waals surface area contributed by atoms with E-state index in [9.17, 15) is 0 Å². The number of hydrogen-bond acceptors (Lipinski definition) is 5. The highest BCUT2D eigenvalue weighted by Crippen LogP contribution is 2.26. The summed E-state index contributed by atoms with van der Waals surface area (Å²) < 4.78 is 5.74. The molecule has 4 nitrogen and oxygen atoms in total. The molecule has 5 heteroatoms. The summed E-state index contributed by atoms with van der Waals surface area (Å²) in [5, 5.41) is 20.4. The molecule has 0 unspecified atom stereocenters. The van der Waals surface area contributed by atoms with Crippen LogP contribution in [0.1, 0.15) is 18.1 Å². The van der Waals surface area contributed by atoms with Crippen molar-refractivity contribution in [2.75, 3.05) is 25.1 Å². The second-order valence-corrected chi connectivity index (χ2v) is 7.98. The van der Waals surface area contributed by atoms with E-state index in [0.717, 1.165) is 33.5 Å². The second kappa shape index (κ2) is 9.98. The maximum atomic E-state index is 9.09. The zero-order valence-corrected chi connectivity index (χ0v) is 18.2. The normalized spacial score (nSPS) is 10.3. The van der Waals surface area contributed by atoms with E-state index >= 15 is 0 Å². The topological polar surface area (TPSA) is 60.0 Å². The van der Waals surface area contributed by atoms with E-state index in [2.05, 4.69) is 61.3 Å². The molecule has 0 aliphatic heterocycles. The molecular weight excluding hydrogens is 390 g/mol. The van der Waals surface area contributed by atoms with Crippen molar-refractivity contribution in [3.8, 4) is 12.1 Å². The van der Waals surface area contributed by atoms with E-state index < -0.39 is 0 Å². The summed E-state index contributed by atoms with van der Waals surface area (Å²) in [4.78, 5) is 3.27. The van der Waals surface area contributed by atoms with Crippen LogP contribution in [0.5, 0.6) is 0 Å². The van der Waals surface area contributed by atoms with Crippen LogP contribution in [0, 0.1) is 29.6 Å². The molecule has 0 heterocycles. The van der Waals surface area contributed by atoms with Gasteiger partial charge in [-0.15, -0.1) is 0 Å². The lowest BCUT2D eigenvalue weighted by atomic mass is 9.99. The fourth-order valence-corrected chi connectivity index (χ4v) is 3.59. The smallest absolute Gasteiger partial charge is 0.133 e. The van der Waals surface area contributed by atoms with Crippen molar-refractivity contribution in [1.82, 2.24) is 0 Å². The summed E-state index contributed by atoms with van der Waals surface area (Å²) in [5.41, 5.74) is 4.09. The number of nitrogens with zero attached hydrogens (tertiary/aromatic N) is 3. The van der Waals surface area contributed by atoms with Crippen LogP contribution in [-0.4, -0.2) is 20.2 Å². The first-order valence-corrected chi connectivity index (χ1v) is 10.4. The first kappa shape index (κ1) is 21.5. The molecule has 0 radical (unpaired) electrons. The number of anilines is 1. The van der Waals surface area contributed by atoms with Crippen LogP contribution in [0.25, 0.3) is 16.3 Å². The number of hydrogen-bond donors (Lipinski definition) is 0. The second-order valence-electron chi connectivity index (χ2n) is 7.11. The molecule has 3 aromatic carbocycles. The first-order chi connectivity index (χ1) is 14.5. The molecule has 150 valence electrons. The molecule has 0 N–H and O–H groups in total. The van der Waals surface area contributed by atoms with Gasteiger partial charge in [0.05, 0.1) is 6.61 Å². The van der Waals surface area contributed by atoms with E-state index in [-0.39, 0.29) is 5.57 Å². The minimum atomic E-state index is 0.147. The number of nitriles is 2. The molecule has 0 saturated heterocycles. The van der Waals surface area contributed by atoms with Crippen LogP contribution >= 0.6 is 12.0 Å². The fourth-order valence-electron chi connectivity index (χ4n) is 3.05. The van der Waals surface area contributed by atoms with Crippen molar-refractivity contribution in [3.05, 3.63) is 77.4 Å². The molecule has 0 atom stereocenters. The summed E-state index contributed by atoms with van der Waals surface area (Å²) in [6.45, 7) is 5.27. The molecule has 0 bridgehead atoms. The van der Waals surface area contributed by atoms with Crippen molar-refractivity contribution in [2.24, 2.45) is 0 Å². The predicted molar refractivity (Wildman–Crippen MR) is 124 cm³/mol. The van der Waals surface area contributed by atoms with E-state index in [1.807, 2.05) is 30.3 Å². The molecule has 3 rings (SSSR count). The Morgan fingerprint density at radius 2 is 1.63 bits per heavy atom. The number of aryl methyl sites for hydroxylation is 1. The maximum absolute atomic E-state index is 9.09. The zero-order valence-electron chi connectivity index (χ0n) is 17.3. The molecule has 0 aliphatic rings. The van der Waals surface area contributed by atoms with Crippen molar-refractivity contribution in [1.29, 1.82) is 10.5 Å². The van der Waals surface area contributed by atoms with Crippen molar-refractivity contribution < 1.29 is 4.18 Å². The van der Waals surface area contributed by atoms with Gasteiger partial charge in [0.1, 0.15) is 17.7 Å². The quantitative estimate of drug-likeness (QED) is 0.265. The van der Waals surface area contributed by atoms with E-state index in [1.165, 1.54) is 17.6 Å². The van der Waals surface area contributed by atoms with Crippen LogP contribution in [0.2, 0.25) is 0 Å². The highest BCUT2D eigenvalue weighted by Gasteiger charge is 2.07. The van der Waals surface area contributed by atoms with Crippen LogP contribution in [0.3, 0.4) is 0 Å². The van der Waals surface area contributed by atoms with Gasteiger partial charge in [-0.25, -0.2) is 0 Å². The van der Waals surface area contributed by atoms with Gasteiger partial charge >= 0.3 is 0 Å². The van der Waals surface area contributed by atoms with Crippen molar-refractivity contribution in [3.63, 3.8) is 0 Å². The number of allylic oxidation sites excluding steroid dienone is 2. The van der Waals surface area contributed by atoms with Crippen molar-refractivity contribution in [2.45, 2.75) is 18.7 Å². The molecule has 30 heavy (non-hydrogen) atoms. The van der Waals surface area contributed by atoms with Gasteiger partial charge in [0.15, 0.2) is 0 Å². The fraction of sp³-hybridized carbons (Fsp3) is 0.200. The SMILES string of the molecule is CC(=C(C#N)C#N)c1ccc2cc(N(C)CCOSc3ccc(C)cc3)ccc2c1. The molecule has 3 aromatic rings.